The van der Waals surface area contributed by atoms with E-state index in [0.717, 1.165) is 5.56 Å². The highest BCUT2D eigenvalue weighted by Gasteiger charge is 2.00. The minimum Gasteiger partial charge on any atom is -0.223 e. The molecule has 1 N–H and O–H groups in total. The molecular weight excluding hydrogens is 166 g/mol. The Balaban J connectivity index is 2.89. The van der Waals surface area contributed by atoms with Crippen molar-refractivity contribution in [3.8, 4) is 0 Å². The average molecular weight is 177 g/mol. The fraction of sp³-hybridized carbons (Fsp3) is 0.100. The molecule has 0 saturated carbocycles. The third kappa shape index (κ3) is 2.72. The number of allylic oxidation sites excluding steroid dienone is 1. The van der Waals surface area contributed by atoms with Crippen LogP contribution in [0.2, 0.25) is 0 Å². The minimum atomic E-state index is 0.560. The van der Waals surface area contributed by atoms with Crippen LogP contribution in [0.3, 0.4) is 0 Å². The van der Waals surface area contributed by atoms with Gasteiger partial charge in [-0.1, -0.05) is 36.4 Å². The number of hydrogen-bond acceptors (Lipinski definition) is 3. The van der Waals surface area contributed by atoms with Gasteiger partial charge in [0.1, 0.15) is 0 Å². The summed E-state index contributed by atoms with van der Waals surface area (Å²) in [6.45, 7) is 3.59. The lowest BCUT2D eigenvalue weighted by Gasteiger charge is -2.00. The molecule has 0 aliphatic heterocycles. The predicted octanol–water partition coefficient (Wildman–Crippen LogP) is 2.46. The summed E-state index contributed by atoms with van der Waals surface area (Å²) >= 11 is 0. The van der Waals surface area contributed by atoms with Gasteiger partial charge in [0, 0.05) is 6.42 Å². The van der Waals surface area contributed by atoms with E-state index in [4.69, 9.17) is 5.26 Å². The van der Waals surface area contributed by atoms with Crippen LogP contribution in [0, 0.1) is 0 Å². The van der Waals surface area contributed by atoms with Gasteiger partial charge in [-0.15, -0.1) is 6.58 Å². The molecule has 3 heteroatoms. The Hall–Kier alpha value is -1.61. The summed E-state index contributed by atoms with van der Waals surface area (Å²) in [7, 11) is 0. The van der Waals surface area contributed by atoms with Crippen molar-refractivity contribution in [3.05, 3.63) is 48.6 Å². The summed E-state index contributed by atoms with van der Waals surface area (Å²) in [6.07, 6.45) is 2.26. The SMILES string of the molecule is C=CCC(=NOO)c1ccccc1. The molecule has 1 rings (SSSR count). The second-order valence-electron chi connectivity index (χ2n) is 2.48. The molecule has 0 unspecified atom stereocenters. The van der Waals surface area contributed by atoms with Gasteiger partial charge in [-0.25, -0.2) is 4.99 Å². The summed E-state index contributed by atoms with van der Waals surface area (Å²) in [5.74, 6) is 0. The predicted molar refractivity (Wildman–Crippen MR) is 51.5 cm³/mol. The highest BCUT2D eigenvalue weighted by molar-refractivity contribution is 6.00. The van der Waals surface area contributed by atoms with Crippen LogP contribution in [-0.4, -0.2) is 11.0 Å². The van der Waals surface area contributed by atoms with Crippen molar-refractivity contribution >= 4 is 5.71 Å². The Morgan fingerprint density at radius 1 is 1.46 bits per heavy atom. The lowest BCUT2D eigenvalue weighted by Crippen LogP contribution is -1.99. The number of rotatable bonds is 4. The Labute approximate surface area is 76.9 Å². The monoisotopic (exact) mass is 177 g/mol. The van der Waals surface area contributed by atoms with Gasteiger partial charge in [0.25, 0.3) is 0 Å². The van der Waals surface area contributed by atoms with Gasteiger partial charge in [-0.05, 0) is 10.7 Å². The summed E-state index contributed by atoms with van der Waals surface area (Å²) in [6, 6.07) is 9.48. The molecule has 68 valence electrons. The van der Waals surface area contributed by atoms with E-state index in [1.165, 1.54) is 0 Å². The summed E-state index contributed by atoms with van der Waals surface area (Å²) in [5, 5.41) is 11.7. The summed E-state index contributed by atoms with van der Waals surface area (Å²) in [5.41, 5.74) is 1.56. The number of nitrogens with zero attached hydrogens (tertiary/aromatic N) is 1. The van der Waals surface area contributed by atoms with Crippen molar-refractivity contribution in [1.29, 1.82) is 0 Å². The lowest BCUT2D eigenvalue weighted by atomic mass is 10.1. The molecule has 3 nitrogen and oxygen atoms in total. The normalized spacial score (nSPS) is 11.0. The van der Waals surface area contributed by atoms with Crippen molar-refractivity contribution < 1.29 is 10.2 Å². The van der Waals surface area contributed by atoms with Gasteiger partial charge in [-0.3, -0.25) is 0 Å². The molecule has 0 heterocycles. The van der Waals surface area contributed by atoms with Crippen molar-refractivity contribution in [2.45, 2.75) is 6.42 Å². The first kappa shape index (κ1) is 9.48. The van der Waals surface area contributed by atoms with Crippen LogP contribution in [0.15, 0.2) is 48.1 Å². The first-order valence-electron chi connectivity index (χ1n) is 3.92. The van der Waals surface area contributed by atoms with Gasteiger partial charge < -0.3 is 0 Å². The van der Waals surface area contributed by atoms with Gasteiger partial charge in [0.05, 0.1) is 5.71 Å². The lowest BCUT2D eigenvalue weighted by molar-refractivity contribution is -0.243. The van der Waals surface area contributed by atoms with Gasteiger partial charge in [0.15, 0.2) is 0 Å². The van der Waals surface area contributed by atoms with E-state index in [2.05, 4.69) is 16.7 Å². The molecule has 0 saturated heterocycles. The van der Waals surface area contributed by atoms with Crippen molar-refractivity contribution in [1.82, 2.24) is 0 Å². The third-order valence-corrected chi connectivity index (χ3v) is 1.60. The number of hydrogen-bond donors (Lipinski definition) is 1. The van der Waals surface area contributed by atoms with Crippen LogP contribution in [0.4, 0.5) is 0 Å². The highest BCUT2D eigenvalue weighted by Crippen LogP contribution is 2.04. The first-order chi connectivity index (χ1) is 6.38. The van der Waals surface area contributed by atoms with E-state index in [-0.39, 0.29) is 0 Å². The van der Waals surface area contributed by atoms with Gasteiger partial charge in [-0.2, -0.15) is 5.26 Å². The number of benzene rings is 1. The van der Waals surface area contributed by atoms with Gasteiger partial charge >= 0.3 is 0 Å². The van der Waals surface area contributed by atoms with Crippen molar-refractivity contribution in [2.75, 3.05) is 0 Å². The topological polar surface area (TPSA) is 41.8 Å². The molecule has 0 aliphatic rings. The molecule has 13 heavy (non-hydrogen) atoms. The van der Waals surface area contributed by atoms with E-state index >= 15 is 0 Å². The zero-order valence-electron chi connectivity index (χ0n) is 7.18. The van der Waals surface area contributed by atoms with Crippen LogP contribution < -0.4 is 0 Å². The largest absolute Gasteiger partial charge is 0.223 e. The molecule has 0 radical (unpaired) electrons. The Morgan fingerprint density at radius 2 is 2.15 bits per heavy atom. The second-order valence-corrected chi connectivity index (χ2v) is 2.48. The zero-order chi connectivity index (χ0) is 9.52. The Kier molecular flexibility index (Phi) is 3.73. The molecule has 1 aromatic carbocycles. The van der Waals surface area contributed by atoms with E-state index in [1.54, 1.807) is 6.08 Å². The van der Waals surface area contributed by atoms with Crippen molar-refractivity contribution in [3.63, 3.8) is 0 Å². The Morgan fingerprint density at radius 3 is 2.69 bits per heavy atom. The molecular formula is C10H11NO2. The van der Waals surface area contributed by atoms with E-state index in [0.29, 0.717) is 12.1 Å². The van der Waals surface area contributed by atoms with E-state index in [1.807, 2.05) is 30.3 Å². The van der Waals surface area contributed by atoms with Crippen LogP contribution in [-0.2, 0) is 4.99 Å². The van der Waals surface area contributed by atoms with Crippen LogP contribution >= 0.6 is 0 Å². The molecule has 0 aliphatic carbocycles. The highest BCUT2D eigenvalue weighted by atomic mass is 17.2. The molecule has 0 aromatic heterocycles. The van der Waals surface area contributed by atoms with Gasteiger partial charge in [0.2, 0.25) is 0 Å². The summed E-state index contributed by atoms with van der Waals surface area (Å²) in [4.78, 5) is 3.75. The molecule has 1 aromatic rings. The third-order valence-electron chi connectivity index (χ3n) is 1.60. The van der Waals surface area contributed by atoms with E-state index < -0.39 is 0 Å². The fourth-order valence-corrected chi connectivity index (χ4v) is 1.02. The molecule has 0 fully saturated rings. The van der Waals surface area contributed by atoms with E-state index in [9.17, 15) is 0 Å². The molecule has 0 bridgehead atoms. The zero-order valence-corrected chi connectivity index (χ0v) is 7.18. The maximum absolute atomic E-state index is 8.20. The maximum Gasteiger partial charge on any atom is 0.0946 e. The first-order valence-corrected chi connectivity index (χ1v) is 3.92. The molecule has 0 spiro atoms. The standard InChI is InChI=1S/C10H11NO2/c1-2-6-10(11-13-12)9-7-4-3-5-8-9/h2-5,7-8,12H,1,6H2. The van der Waals surface area contributed by atoms with Crippen LogP contribution in [0.25, 0.3) is 0 Å². The second kappa shape index (κ2) is 5.11. The van der Waals surface area contributed by atoms with Crippen LogP contribution in [0.5, 0.6) is 0 Å². The smallest absolute Gasteiger partial charge is 0.0946 e. The Bertz CT molecular complexity index is 293. The fourth-order valence-electron chi connectivity index (χ4n) is 1.02. The molecule has 0 amide bonds. The molecule has 0 atom stereocenters. The van der Waals surface area contributed by atoms with Crippen molar-refractivity contribution in [2.24, 2.45) is 5.16 Å². The quantitative estimate of drug-likeness (QED) is 0.332. The number of oxime groups is 1. The maximum atomic E-state index is 8.20. The average Bonchev–Trinajstić information content (AvgIpc) is 2.19. The van der Waals surface area contributed by atoms with Crippen LogP contribution in [0.1, 0.15) is 12.0 Å². The summed E-state index contributed by atoms with van der Waals surface area (Å²) < 4.78 is 0. The minimum absolute atomic E-state index is 0.560.